The molecule has 0 atom stereocenters. The van der Waals surface area contributed by atoms with Crippen LogP contribution in [0.3, 0.4) is 0 Å². The molecule has 0 heterocycles. The molecule has 0 aromatic carbocycles. The molecule has 5 nitrogen and oxygen atoms in total. The molecule has 16 heavy (non-hydrogen) atoms. The fourth-order valence-corrected chi connectivity index (χ4v) is 1.19. The molecule has 0 aliphatic carbocycles. The van der Waals surface area contributed by atoms with Gasteiger partial charge in [0.2, 0.25) is 5.91 Å². The van der Waals surface area contributed by atoms with Gasteiger partial charge in [0.1, 0.15) is 6.54 Å². The predicted octanol–water partition coefficient (Wildman–Crippen LogP) is 0.396. The third-order valence-electron chi connectivity index (χ3n) is 2.06. The predicted molar refractivity (Wildman–Crippen MR) is 62.0 cm³/mol. The lowest BCUT2D eigenvalue weighted by Crippen LogP contribution is -2.43. The second-order valence-electron chi connectivity index (χ2n) is 3.93. The van der Waals surface area contributed by atoms with Crippen molar-refractivity contribution in [3.63, 3.8) is 0 Å². The summed E-state index contributed by atoms with van der Waals surface area (Å²) >= 11 is 0. The zero-order valence-corrected chi connectivity index (χ0v) is 10.6. The van der Waals surface area contributed by atoms with Crippen molar-refractivity contribution in [2.75, 3.05) is 26.7 Å². The van der Waals surface area contributed by atoms with E-state index in [4.69, 9.17) is 0 Å². The molecule has 0 fully saturated rings. The van der Waals surface area contributed by atoms with Gasteiger partial charge in [-0.2, -0.15) is 0 Å². The van der Waals surface area contributed by atoms with Gasteiger partial charge >= 0.3 is 5.97 Å². The number of carbonyl (C=O) groups is 2. The van der Waals surface area contributed by atoms with Crippen molar-refractivity contribution < 1.29 is 14.3 Å². The molecule has 0 aromatic rings. The number of esters is 1. The summed E-state index contributed by atoms with van der Waals surface area (Å²) in [6, 6.07) is 0.255. The Bertz CT molecular complexity index is 229. The Hall–Kier alpha value is -1.10. The fraction of sp³-hybridized carbons (Fsp3) is 0.818. The first-order valence-corrected chi connectivity index (χ1v) is 5.59. The molecule has 0 aliphatic rings. The van der Waals surface area contributed by atoms with Crippen LogP contribution in [0.2, 0.25) is 0 Å². The minimum atomic E-state index is -0.383. The molecule has 5 heteroatoms. The fourth-order valence-electron chi connectivity index (χ4n) is 1.19. The average molecular weight is 230 g/mol. The van der Waals surface area contributed by atoms with Crippen LogP contribution in [0.15, 0.2) is 0 Å². The average Bonchev–Trinajstić information content (AvgIpc) is 2.24. The van der Waals surface area contributed by atoms with Crippen LogP contribution in [0.4, 0.5) is 0 Å². The number of methoxy groups -OCH3 is 1. The van der Waals surface area contributed by atoms with E-state index in [2.05, 4.69) is 10.1 Å². The number of rotatable bonds is 7. The molecular weight excluding hydrogens is 208 g/mol. The van der Waals surface area contributed by atoms with E-state index < -0.39 is 0 Å². The summed E-state index contributed by atoms with van der Waals surface area (Å²) in [4.78, 5) is 24.4. The van der Waals surface area contributed by atoms with Gasteiger partial charge in [0.05, 0.1) is 13.7 Å². The molecule has 0 rings (SSSR count). The summed E-state index contributed by atoms with van der Waals surface area (Å²) in [7, 11) is 1.32. The molecule has 0 aromatic heterocycles. The van der Waals surface area contributed by atoms with Crippen molar-refractivity contribution in [2.24, 2.45) is 0 Å². The van der Waals surface area contributed by atoms with Crippen molar-refractivity contribution in [1.82, 2.24) is 10.2 Å². The van der Waals surface area contributed by atoms with Crippen LogP contribution in [-0.4, -0.2) is 49.6 Å². The first kappa shape index (κ1) is 14.9. The normalized spacial score (nSPS) is 10.3. The summed E-state index contributed by atoms with van der Waals surface area (Å²) in [5, 5.41) is 3.03. The van der Waals surface area contributed by atoms with E-state index in [0.29, 0.717) is 6.54 Å². The van der Waals surface area contributed by atoms with Crippen molar-refractivity contribution in [3.05, 3.63) is 0 Å². The van der Waals surface area contributed by atoms with E-state index >= 15 is 0 Å². The van der Waals surface area contributed by atoms with Crippen molar-refractivity contribution in [2.45, 2.75) is 33.2 Å². The SMILES string of the molecule is CCCN(CC(=O)OC)C(=O)CNC(C)C. The molecule has 0 bridgehead atoms. The van der Waals surface area contributed by atoms with Crippen LogP contribution < -0.4 is 5.32 Å². The molecule has 94 valence electrons. The van der Waals surface area contributed by atoms with E-state index in [-0.39, 0.29) is 31.0 Å². The third kappa shape index (κ3) is 6.40. The van der Waals surface area contributed by atoms with E-state index in [9.17, 15) is 9.59 Å². The smallest absolute Gasteiger partial charge is 0.325 e. The summed E-state index contributed by atoms with van der Waals surface area (Å²) in [6.45, 7) is 6.77. The van der Waals surface area contributed by atoms with Gasteiger partial charge in [-0.25, -0.2) is 0 Å². The van der Waals surface area contributed by atoms with Gasteiger partial charge in [0, 0.05) is 12.6 Å². The topological polar surface area (TPSA) is 58.6 Å². The number of ether oxygens (including phenoxy) is 1. The number of nitrogens with zero attached hydrogens (tertiary/aromatic N) is 1. The van der Waals surface area contributed by atoms with Crippen molar-refractivity contribution in [3.8, 4) is 0 Å². The Morgan fingerprint density at radius 1 is 1.38 bits per heavy atom. The second-order valence-corrected chi connectivity index (χ2v) is 3.93. The van der Waals surface area contributed by atoms with Gasteiger partial charge in [0.25, 0.3) is 0 Å². The monoisotopic (exact) mass is 230 g/mol. The quantitative estimate of drug-likeness (QED) is 0.643. The molecule has 0 radical (unpaired) electrons. The van der Waals surface area contributed by atoms with Gasteiger partial charge in [-0.15, -0.1) is 0 Å². The molecule has 0 spiro atoms. The molecular formula is C11H22N2O3. The molecule has 0 saturated carbocycles. The van der Waals surface area contributed by atoms with Crippen molar-refractivity contribution >= 4 is 11.9 Å². The van der Waals surface area contributed by atoms with Crippen molar-refractivity contribution in [1.29, 1.82) is 0 Å². The Labute approximate surface area is 97.1 Å². The van der Waals surface area contributed by atoms with Crippen LogP contribution in [0, 0.1) is 0 Å². The molecule has 1 N–H and O–H groups in total. The van der Waals surface area contributed by atoms with Crippen LogP contribution in [-0.2, 0) is 14.3 Å². The van der Waals surface area contributed by atoms with Crippen LogP contribution in [0.25, 0.3) is 0 Å². The maximum absolute atomic E-state index is 11.7. The Morgan fingerprint density at radius 3 is 2.44 bits per heavy atom. The summed E-state index contributed by atoms with van der Waals surface area (Å²) in [5.41, 5.74) is 0. The highest BCUT2D eigenvalue weighted by molar-refractivity contribution is 5.83. The van der Waals surface area contributed by atoms with E-state index in [1.54, 1.807) is 0 Å². The molecule has 0 unspecified atom stereocenters. The maximum Gasteiger partial charge on any atom is 0.325 e. The van der Waals surface area contributed by atoms with E-state index in [0.717, 1.165) is 6.42 Å². The number of nitrogens with one attached hydrogen (secondary N) is 1. The third-order valence-corrected chi connectivity index (χ3v) is 2.06. The summed E-state index contributed by atoms with van der Waals surface area (Å²) < 4.78 is 4.55. The highest BCUT2D eigenvalue weighted by atomic mass is 16.5. The lowest BCUT2D eigenvalue weighted by Gasteiger charge is -2.21. The van der Waals surface area contributed by atoms with Crippen LogP contribution >= 0.6 is 0 Å². The lowest BCUT2D eigenvalue weighted by atomic mass is 10.3. The van der Waals surface area contributed by atoms with Crippen LogP contribution in [0.5, 0.6) is 0 Å². The molecule has 0 aliphatic heterocycles. The highest BCUT2D eigenvalue weighted by Gasteiger charge is 2.16. The zero-order chi connectivity index (χ0) is 12.6. The second kappa shape index (κ2) is 8.10. The van der Waals surface area contributed by atoms with Gasteiger partial charge in [-0.1, -0.05) is 20.8 Å². The Morgan fingerprint density at radius 2 is 2.00 bits per heavy atom. The van der Waals surface area contributed by atoms with Gasteiger partial charge in [-0.3, -0.25) is 9.59 Å². The largest absolute Gasteiger partial charge is 0.468 e. The maximum atomic E-state index is 11.7. The summed E-state index contributed by atoms with van der Waals surface area (Å²) in [5.74, 6) is -0.452. The number of carbonyl (C=O) groups excluding carboxylic acids is 2. The minimum Gasteiger partial charge on any atom is -0.468 e. The number of hydrogen-bond acceptors (Lipinski definition) is 4. The zero-order valence-electron chi connectivity index (χ0n) is 10.6. The first-order valence-electron chi connectivity index (χ1n) is 5.59. The standard InChI is InChI=1S/C11H22N2O3/c1-5-6-13(8-11(15)16-4)10(14)7-12-9(2)3/h9,12H,5-8H2,1-4H3. The first-order chi connectivity index (χ1) is 7.51. The van der Waals surface area contributed by atoms with Crippen LogP contribution in [0.1, 0.15) is 27.2 Å². The Kier molecular flexibility index (Phi) is 7.54. The van der Waals surface area contributed by atoms with Gasteiger partial charge < -0.3 is 15.0 Å². The van der Waals surface area contributed by atoms with E-state index in [1.165, 1.54) is 12.0 Å². The Balaban J connectivity index is 4.17. The highest BCUT2D eigenvalue weighted by Crippen LogP contribution is 1.94. The lowest BCUT2D eigenvalue weighted by molar-refractivity contribution is -0.146. The van der Waals surface area contributed by atoms with Gasteiger partial charge in [0.15, 0.2) is 0 Å². The number of hydrogen-bond donors (Lipinski definition) is 1. The minimum absolute atomic E-state index is 0.0307. The number of amides is 1. The van der Waals surface area contributed by atoms with Gasteiger partial charge in [-0.05, 0) is 6.42 Å². The van der Waals surface area contributed by atoms with E-state index in [1.807, 2.05) is 20.8 Å². The summed E-state index contributed by atoms with van der Waals surface area (Å²) in [6.07, 6.45) is 0.824. The molecule has 1 amide bonds. The molecule has 0 saturated heterocycles.